The van der Waals surface area contributed by atoms with Crippen LogP contribution in [0.4, 0.5) is 14.6 Å². The first-order valence-electron chi connectivity index (χ1n) is 9.52. The van der Waals surface area contributed by atoms with Gasteiger partial charge in [-0.3, -0.25) is 4.98 Å². The summed E-state index contributed by atoms with van der Waals surface area (Å²) in [5.41, 5.74) is 4.72. The molecule has 0 bridgehead atoms. The lowest BCUT2D eigenvalue weighted by Crippen LogP contribution is -2.32. The third-order valence-electron chi connectivity index (χ3n) is 5.40. The van der Waals surface area contributed by atoms with Gasteiger partial charge in [-0.15, -0.1) is 15.3 Å². The highest BCUT2D eigenvalue weighted by Crippen LogP contribution is 2.31. The summed E-state index contributed by atoms with van der Waals surface area (Å²) in [5.74, 6) is -0.156. The van der Waals surface area contributed by atoms with Crippen LogP contribution in [-0.4, -0.2) is 31.3 Å². The Morgan fingerprint density at radius 3 is 2.83 bits per heavy atom. The molecule has 0 saturated carbocycles. The smallest absolute Gasteiger partial charge is 0.180 e. The van der Waals surface area contributed by atoms with Crippen LogP contribution in [-0.2, 0) is 13.0 Å². The first kappa shape index (κ1) is 18.4. The largest absolute Gasteiger partial charge is 0.453 e. The standard InChI is InChI=1S/C21H18F2N6O/c1-12-13(2)21(27-29-11-25-26-20(12)29)28-6-5-18-14(10-28)7-16(9-24-18)30-19-8-15(22)3-4-17(19)23/h3-4,7-9,11H,5-6,10H2,1-2H3. The van der Waals surface area contributed by atoms with Crippen molar-refractivity contribution in [1.29, 1.82) is 0 Å². The third-order valence-corrected chi connectivity index (χ3v) is 5.40. The van der Waals surface area contributed by atoms with Crippen LogP contribution in [0.2, 0.25) is 0 Å². The van der Waals surface area contributed by atoms with Crippen molar-refractivity contribution >= 4 is 11.5 Å². The van der Waals surface area contributed by atoms with E-state index in [2.05, 4.69) is 25.2 Å². The van der Waals surface area contributed by atoms with E-state index >= 15 is 0 Å². The van der Waals surface area contributed by atoms with Gasteiger partial charge in [-0.25, -0.2) is 8.78 Å². The summed E-state index contributed by atoms with van der Waals surface area (Å²) in [7, 11) is 0. The van der Waals surface area contributed by atoms with Gasteiger partial charge in [0, 0.05) is 42.4 Å². The van der Waals surface area contributed by atoms with Crippen LogP contribution >= 0.6 is 0 Å². The number of pyridine rings is 1. The summed E-state index contributed by atoms with van der Waals surface area (Å²) in [4.78, 5) is 6.63. The summed E-state index contributed by atoms with van der Waals surface area (Å²) < 4.78 is 34.6. The zero-order valence-corrected chi connectivity index (χ0v) is 16.4. The maximum absolute atomic E-state index is 13.9. The predicted octanol–water partition coefficient (Wildman–Crippen LogP) is 3.77. The quantitative estimate of drug-likeness (QED) is 0.514. The Balaban J connectivity index is 1.46. The molecule has 1 aliphatic rings. The number of aromatic nitrogens is 5. The third kappa shape index (κ3) is 3.12. The van der Waals surface area contributed by atoms with E-state index in [0.717, 1.165) is 65.0 Å². The molecule has 152 valence electrons. The molecule has 0 radical (unpaired) electrons. The number of aryl methyl sites for hydroxylation is 1. The van der Waals surface area contributed by atoms with E-state index in [0.29, 0.717) is 12.3 Å². The Bertz CT molecular complexity index is 1270. The van der Waals surface area contributed by atoms with Crippen molar-refractivity contribution < 1.29 is 13.5 Å². The van der Waals surface area contributed by atoms with Crippen molar-refractivity contribution in [3.63, 3.8) is 0 Å². The van der Waals surface area contributed by atoms with Gasteiger partial charge in [-0.1, -0.05) is 0 Å². The van der Waals surface area contributed by atoms with Gasteiger partial charge in [-0.2, -0.15) is 4.52 Å². The Morgan fingerprint density at radius 1 is 1.10 bits per heavy atom. The molecule has 5 rings (SSSR count). The highest BCUT2D eigenvalue weighted by Gasteiger charge is 2.23. The molecular weight excluding hydrogens is 390 g/mol. The summed E-state index contributed by atoms with van der Waals surface area (Å²) >= 11 is 0. The second-order valence-corrected chi connectivity index (χ2v) is 7.30. The molecule has 1 aliphatic heterocycles. The van der Waals surface area contributed by atoms with Gasteiger partial charge in [0.05, 0.1) is 6.20 Å². The number of anilines is 1. The van der Waals surface area contributed by atoms with Gasteiger partial charge in [0.2, 0.25) is 0 Å². The average molecular weight is 408 g/mol. The molecule has 9 heteroatoms. The summed E-state index contributed by atoms with van der Waals surface area (Å²) in [6, 6.07) is 4.93. The van der Waals surface area contributed by atoms with E-state index < -0.39 is 11.6 Å². The van der Waals surface area contributed by atoms with Crippen molar-refractivity contribution in [2.24, 2.45) is 0 Å². The highest BCUT2D eigenvalue weighted by atomic mass is 19.1. The molecule has 0 N–H and O–H groups in total. The Morgan fingerprint density at radius 2 is 1.97 bits per heavy atom. The number of benzene rings is 1. The topological polar surface area (TPSA) is 68.4 Å². The van der Waals surface area contributed by atoms with E-state index in [1.54, 1.807) is 10.8 Å². The fourth-order valence-electron chi connectivity index (χ4n) is 3.69. The summed E-state index contributed by atoms with van der Waals surface area (Å²) in [6.07, 6.45) is 3.87. The fraction of sp³-hybridized carbons (Fsp3) is 0.238. The maximum atomic E-state index is 13.9. The molecule has 0 atom stereocenters. The zero-order chi connectivity index (χ0) is 20.8. The number of nitrogens with zero attached hydrogens (tertiary/aromatic N) is 6. The van der Waals surface area contributed by atoms with Gasteiger partial charge >= 0.3 is 0 Å². The number of hydrogen-bond acceptors (Lipinski definition) is 6. The first-order chi connectivity index (χ1) is 14.5. The lowest BCUT2D eigenvalue weighted by atomic mass is 10.0. The number of fused-ring (bicyclic) bond motifs is 2. The van der Waals surface area contributed by atoms with E-state index in [-0.39, 0.29) is 5.75 Å². The van der Waals surface area contributed by atoms with Crippen LogP contribution in [0.15, 0.2) is 36.8 Å². The van der Waals surface area contributed by atoms with Gasteiger partial charge in [0.15, 0.2) is 23.0 Å². The van der Waals surface area contributed by atoms with Crippen LogP contribution in [0.25, 0.3) is 5.65 Å². The predicted molar refractivity (Wildman–Crippen MR) is 106 cm³/mol. The van der Waals surface area contributed by atoms with E-state index in [9.17, 15) is 8.78 Å². The molecular formula is C21H18F2N6O. The van der Waals surface area contributed by atoms with E-state index in [1.807, 2.05) is 19.9 Å². The monoisotopic (exact) mass is 408 g/mol. The molecule has 0 fully saturated rings. The number of hydrogen-bond donors (Lipinski definition) is 0. The molecule has 0 unspecified atom stereocenters. The normalized spacial score (nSPS) is 13.5. The second-order valence-electron chi connectivity index (χ2n) is 7.30. The molecule has 4 heterocycles. The van der Waals surface area contributed by atoms with E-state index in [1.165, 1.54) is 6.20 Å². The van der Waals surface area contributed by atoms with Crippen molar-refractivity contribution in [3.8, 4) is 11.5 Å². The van der Waals surface area contributed by atoms with Gasteiger partial charge in [0.1, 0.15) is 17.9 Å². The lowest BCUT2D eigenvalue weighted by molar-refractivity contribution is 0.433. The van der Waals surface area contributed by atoms with E-state index in [4.69, 9.17) is 4.74 Å². The Hall–Kier alpha value is -3.62. The minimum Gasteiger partial charge on any atom is -0.453 e. The molecule has 7 nitrogen and oxygen atoms in total. The van der Waals surface area contributed by atoms with Crippen molar-refractivity contribution in [3.05, 3.63) is 70.8 Å². The van der Waals surface area contributed by atoms with Gasteiger partial charge in [-0.05, 0) is 37.6 Å². The maximum Gasteiger partial charge on any atom is 0.180 e. The van der Waals surface area contributed by atoms with Gasteiger partial charge < -0.3 is 9.64 Å². The molecule has 30 heavy (non-hydrogen) atoms. The molecule has 3 aromatic heterocycles. The second kappa shape index (κ2) is 7.01. The SMILES string of the molecule is Cc1c(N2CCc3ncc(Oc4cc(F)ccc4F)cc3C2)nn2cnnc2c1C. The van der Waals surface area contributed by atoms with Gasteiger partial charge in [0.25, 0.3) is 0 Å². The van der Waals surface area contributed by atoms with Crippen molar-refractivity contribution in [2.45, 2.75) is 26.8 Å². The van der Waals surface area contributed by atoms with Crippen LogP contribution in [0, 0.1) is 25.5 Å². The molecule has 0 aliphatic carbocycles. The zero-order valence-electron chi connectivity index (χ0n) is 16.4. The highest BCUT2D eigenvalue weighted by molar-refractivity contribution is 5.59. The fourth-order valence-corrected chi connectivity index (χ4v) is 3.69. The average Bonchev–Trinajstić information content (AvgIpc) is 3.22. The lowest BCUT2D eigenvalue weighted by Gasteiger charge is -2.30. The number of ether oxygens (including phenoxy) is 1. The van der Waals surface area contributed by atoms with Crippen LogP contribution < -0.4 is 9.64 Å². The first-order valence-corrected chi connectivity index (χ1v) is 9.52. The number of rotatable bonds is 3. The van der Waals surface area contributed by atoms with Crippen LogP contribution in [0.5, 0.6) is 11.5 Å². The van der Waals surface area contributed by atoms with Crippen molar-refractivity contribution in [2.75, 3.05) is 11.4 Å². The Labute approximate surface area is 171 Å². The molecule has 1 aromatic carbocycles. The summed E-state index contributed by atoms with van der Waals surface area (Å²) in [5, 5.41) is 12.7. The minimum absolute atomic E-state index is 0.171. The van der Waals surface area contributed by atoms with Crippen LogP contribution in [0.1, 0.15) is 22.4 Å². The summed E-state index contributed by atoms with van der Waals surface area (Å²) in [6.45, 7) is 5.36. The molecule has 0 saturated heterocycles. The molecule has 0 spiro atoms. The van der Waals surface area contributed by atoms with Crippen LogP contribution in [0.3, 0.4) is 0 Å². The molecule has 0 amide bonds. The number of halogens is 2. The minimum atomic E-state index is -0.631. The van der Waals surface area contributed by atoms with Crippen molar-refractivity contribution in [1.82, 2.24) is 24.8 Å². The Kier molecular flexibility index (Phi) is 4.30. The molecule has 4 aromatic rings.